The quantitative estimate of drug-likeness (QED) is 0.347. The number of guanidine groups is 1. The number of ether oxygens (including phenoxy) is 1. The largest absolute Gasteiger partial charge is 0.573 e. The van der Waals surface area contributed by atoms with E-state index in [0.717, 1.165) is 32.5 Å². The molecule has 1 aromatic carbocycles. The van der Waals surface area contributed by atoms with Gasteiger partial charge in [0.15, 0.2) is 5.96 Å². The van der Waals surface area contributed by atoms with Crippen LogP contribution in [-0.4, -0.2) is 61.1 Å². The fourth-order valence-corrected chi connectivity index (χ4v) is 2.96. The van der Waals surface area contributed by atoms with E-state index in [1.54, 1.807) is 0 Å². The molecule has 0 aliphatic rings. The van der Waals surface area contributed by atoms with Crippen molar-refractivity contribution in [2.45, 2.75) is 59.0 Å². The third-order valence-corrected chi connectivity index (χ3v) is 4.65. The number of nitrogens with one attached hydrogen (secondary N) is 2. The first kappa shape index (κ1) is 26.0. The molecule has 1 rings (SSSR count). The first-order valence-corrected chi connectivity index (χ1v) is 10.5. The second-order valence-electron chi connectivity index (χ2n) is 7.07. The van der Waals surface area contributed by atoms with Crippen molar-refractivity contribution in [2.75, 3.05) is 32.7 Å². The highest BCUT2D eigenvalue weighted by molar-refractivity contribution is 5.80. The lowest BCUT2D eigenvalue weighted by Gasteiger charge is -2.21. The van der Waals surface area contributed by atoms with Gasteiger partial charge in [-0.2, -0.15) is 0 Å². The molecule has 0 radical (unpaired) electrons. The summed E-state index contributed by atoms with van der Waals surface area (Å²) in [5.74, 6) is 0.277. The van der Waals surface area contributed by atoms with Gasteiger partial charge in [0.05, 0.1) is 12.6 Å². The van der Waals surface area contributed by atoms with Gasteiger partial charge >= 0.3 is 6.36 Å². The van der Waals surface area contributed by atoms with Crippen LogP contribution in [0.1, 0.15) is 52.2 Å². The number of hydrogen-bond acceptors (Lipinski definition) is 4. The zero-order valence-electron chi connectivity index (χ0n) is 18.3. The van der Waals surface area contributed by atoms with Crippen molar-refractivity contribution in [3.05, 3.63) is 29.8 Å². The Kier molecular flexibility index (Phi) is 11.6. The summed E-state index contributed by atoms with van der Waals surface area (Å²) in [5, 5.41) is 16.8. The molecule has 1 aromatic rings. The maximum absolute atomic E-state index is 12.2. The molecule has 9 heteroatoms. The van der Waals surface area contributed by atoms with Crippen LogP contribution in [0.2, 0.25) is 0 Å². The van der Waals surface area contributed by atoms with Gasteiger partial charge in [0, 0.05) is 12.6 Å². The molecule has 0 aromatic heterocycles. The minimum Gasteiger partial charge on any atom is -0.406 e. The van der Waals surface area contributed by atoms with Crippen LogP contribution < -0.4 is 15.4 Å². The van der Waals surface area contributed by atoms with Crippen LogP contribution in [0.4, 0.5) is 13.2 Å². The van der Waals surface area contributed by atoms with Crippen molar-refractivity contribution in [1.29, 1.82) is 0 Å². The normalized spacial score (nSPS) is 14.5. The van der Waals surface area contributed by atoms with Crippen molar-refractivity contribution in [1.82, 2.24) is 15.5 Å². The fraction of sp³-hybridized carbons (Fsp3) is 0.667. The van der Waals surface area contributed by atoms with Crippen molar-refractivity contribution in [3.8, 4) is 5.75 Å². The van der Waals surface area contributed by atoms with Gasteiger partial charge in [-0.05, 0) is 64.0 Å². The van der Waals surface area contributed by atoms with Crippen molar-refractivity contribution >= 4 is 5.96 Å². The van der Waals surface area contributed by atoms with Crippen LogP contribution in [-0.2, 0) is 0 Å². The van der Waals surface area contributed by atoms with Crippen LogP contribution in [0.5, 0.6) is 5.75 Å². The molecular weight excluding hydrogens is 397 g/mol. The van der Waals surface area contributed by atoms with E-state index in [1.807, 2.05) is 6.92 Å². The van der Waals surface area contributed by atoms with Gasteiger partial charge in [0.1, 0.15) is 5.75 Å². The summed E-state index contributed by atoms with van der Waals surface area (Å²) in [5.41, 5.74) is 0.469. The lowest BCUT2D eigenvalue weighted by Crippen LogP contribution is -2.42. The third kappa shape index (κ3) is 10.7. The molecule has 0 heterocycles. The molecule has 0 bridgehead atoms. The number of hydrogen-bond donors (Lipinski definition) is 3. The summed E-state index contributed by atoms with van der Waals surface area (Å²) < 4.78 is 40.5. The van der Waals surface area contributed by atoms with Crippen LogP contribution in [0.15, 0.2) is 29.3 Å². The molecule has 3 N–H and O–H groups in total. The second kappa shape index (κ2) is 13.3. The third-order valence-electron chi connectivity index (χ3n) is 4.65. The molecule has 0 aliphatic heterocycles. The molecule has 0 saturated carbocycles. The van der Waals surface area contributed by atoms with Crippen molar-refractivity contribution in [2.24, 2.45) is 4.99 Å². The Bertz CT molecular complexity index is 620. The van der Waals surface area contributed by atoms with Crippen molar-refractivity contribution < 1.29 is 23.0 Å². The molecule has 0 amide bonds. The number of nitrogens with zero attached hydrogens (tertiary/aromatic N) is 2. The topological polar surface area (TPSA) is 69.1 Å². The zero-order valence-corrected chi connectivity index (χ0v) is 18.3. The number of aliphatic hydroxyl groups excluding tert-OH is 1. The van der Waals surface area contributed by atoms with Crippen LogP contribution in [0.3, 0.4) is 0 Å². The molecule has 172 valence electrons. The summed E-state index contributed by atoms with van der Waals surface area (Å²) in [6.45, 7) is 12.3. The van der Waals surface area contributed by atoms with E-state index in [9.17, 15) is 18.3 Å². The number of alkyl halides is 3. The molecular formula is C21H35F3N4O2. The van der Waals surface area contributed by atoms with Gasteiger partial charge < -0.3 is 25.4 Å². The molecule has 2 unspecified atom stereocenters. The molecule has 0 spiro atoms. The van der Waals surface area contributed by atoms with Crippen LogP contribution >= 0.6 is 0 Å². The van der Waals surface area contributed by atoms with Gasteiger partial charge in [-0.1, -0.05) is 26.0 Å². The van der Waals surface area contributed by atoms with Crippen molar-refractivity contribution in [3.63, 3.8) is 0 Å². The van der Waals surface area contributed by atoms with E-state index >= 15 is 0 Å². The summed E-state index contributed by atoms with van der Waals surface area (Å²) in [4.78, 5) is 6.79. The van der Waals surface area contributed by atoms with Crippen LogP contribution in [0.25, 0.3) is 0 Å². The molecule has 2 atom stereocenters. The summed E-state index contributed by atoms with van der Waals surface area (Å²) in [6.07, 6.45) is -3.61. The Morgan fingerprint density at radius 1 is 1.17 bits per heavy atom. The summed E-state index contributed by atoms with van der Waals surface area (Å²) in [7, 11) is 0. The molecule has 0 fully saturated rings. The molecule has 30 heavy (non-hydrogen) atoms. The Hall–Kier alpha value is -2.00. The predicted octanol–water partition coefficient (Wildman–Crippen LogP) is 3.68. The molecule has 0 saturated heterocycles. The van der Waals surface area contributed by atoms with Crippen LogP contribution in [0, 0.1) is 0 Å². The van der Waals surface area contributed by atoms with E-state index in [0.29, 0.717) is 18.1 Å². The van der Waals surface area contributed by atoms with E-state index in [1.165, 1.54) is 24.3 Å². The van der Waals surface area contributed by atoms with Gasteiger partial charge in [0.25, 0.3) is 0 Å². The standard InChI is InChI=1S/C21H35F3N4O2/c1-5-25-20(27-16(4)9-8-14-28(6-2)7-3)26-15-19(29)17-10-12-18(13-11-17)30-21(22,23)24/h10-13,16,19,29H,5-9,14-15H2,1-4H3,(H2,25,26,27). The SMILES string of the molecule is CCNC(=NCC(O)c1ccc(OC(F)(F)F)cc1)NC(C)CCCN(CC)CC. The number of aliphatic imine (C=N–C) groups is 1. The van der Waals surface area contributed by atoms with Gasteiger partial charge in [-0.15, -0.1) is 13.2 Å². The van der Waals surface area contributed by atoms with Gasteiger partial charge in [-0.3, -0.25) is 4.99 Å². The minimum absolute atomic E-state index is 0.0843. The number of aliphatic hydroxyl groups is 1. The molecule has 0 aliphatic carbocycles. The average Bonchev–Trinajstić information content (AvgIpc) is 2.68. The highest BCUT2D eigenvalue weighted by atomic mass is 19.4. The number of rotatable bonds is 12. The summed E-state index contributed by atoms with van der Waals surface area (Å²) in [6, 6.07) is 5.37. The highest BCUT2D eigenvalue weighted by Gasteiger charge is 2.31. The van der Waals surface area contributed by atoms with E-state index in [-0.39, 0.29) is 18.3 Å². The average molecular weight is 433 g/mol. The Labute approximate surface area is 177 Å². The van der Waals surface area contributed by atoms with Gasteiger partial charge in [0.2, 0.25) is 0 Å². The minimum atomic E-state index is -4.74. The second-order valence-corrected chi connectivity index (χ2v) is 7.07. The van der Waals surface area contributed by atoms with E-state index < -0.39 is 12.5 Å². The Morgan fingerprint density at radius 3 is 2.33 bits per heavy atom. The maximum Gasteiger partial charge on any atom is 0.573 e. The highest BCUT2D eigenvalue weighted by Crippen LogP contribution is 2.24. The number of halogens is 3. The smallest absolute Gasteiger partial charge is 0.406 e. The maximum atomic E-state index is 12.2. The molecule has 6 nitrogen and oxygen atoms in total. The van der Waals surface area contributed by atoms with E-state index in [4.69, 9.17) is 0 Å². The zero-order chi connectivity index (χ0) is 22.6. The lowest BCUT2D eigenvalue weighted by molar-refractivity contribution is -0.274. The monoisotopic (exact) mass is 432 g/mol. The first-order valence-electron chi connectivity index (χ1n) is 10.5. The Balaban J connectivity index is 2.57. The Morgan fingerprint density at radius 2 is 1.80 bits per heavy atom. The lowest BCUT2D eigenvalue weighted by atomic mass is 10.1. The number of benzene rings is 1. The van der Waals surface area contributed by atoms with Gasteiger partial charge in [-0.25, -0.2) is 0 Å². The summed E-state index contributed by atoms with van der Waals surface area (Å²) >= 11 is 0. The predicted molar refractivity (Wildman–Crippen MR) is 114 cm³/mol. The van der Waals surface area contributed by atoms with E-state index in [2.05, 4.69) is 46.0 Å². The fourth-order valence-electron chi connectivity index (χ4n) is 2.96. The first-order chi connectivity index (χ1) is 14.2.